The molecule has 20 heavy (non-hydrogen) atoms. The topological polar surface area (TPSA) is 95.1 Å². The van der Waals surface area contributed by atoms with Crippen LogP contribution in [0.15, 0.2) is 41.6 Å². The zero-order chi connectivity index (χ0) is 14.4. The van der Waals surface area contributed by atoms with Crippen LogP contribution in [0.4, 0.5) is 0 Å². The molecule has 0 aliphatic rings. The molecular formula is C13H13N3O3S. The van der Waals surface area contributed by atoms with Crippen molar-refractivity contribution >= 4 is 10.0 Å². The van der Waals surface area contributed by atoms with E-state index in [1.165, 1.54) is 12.3 Å². The highest BCUT2D eigenvalue weighted by atomic mass is 32.2. The summed E-state index contributed by atoms with van der Waals surface area (Å²) in [6.45, 7) is -0.133. The summed E-state index contributed by atoms with van der Waals surface area (Å²) in [5.41, 5.74) is 1.41. The minimum atomic E-state index is -3.62. The van der Waals surface area contributed by atoms with Gasteiger partial charge in [-0.1, -0.05) is 30.0 Å². The lowest BCUT2D eigenvalue weighted by atomic mass is 10.1. The van der Waals surface area contributed by atoms with Crippen molar-refractivity contribution in [2.75, 3.05) is 6.61 Å². The van der Waals surface area contributed by atoms with Gasteiger partial charge in [-0.3, -0.25) is 5.10 Å². The van der Waals surface area contributed by atoms with Gasteiger partial charge in [-0.25, -0.2) is 13.1 Å². The Balaban J connectivity index is 2.16. The molecule has 0 unspecified atom stereocenters. The van der Waals surface area contributed by atoms with E-state index >= 15 is 0 Å². The standard InChI is InChI=1S/C13H13N3O3S/c17-9-3-6-11-4-1-2-5-12(11)10-15-20(18,19)13-7-8-14-16-13/h1-2,4-5,7-8,15,17H,9-10H2,(H,14,16). The summed E-state index contributed by atoms with van der Waals surface area (Å²) >= 11 is 0. The fourth-order valence-corrected chi connectivity index (χ4v) is 2.49. The summed E-state index contributed by atoms with van der Waals surface area (Å²) in [6, 6.07) is 8.51. The van der Waals surface area contributed by atoms with Crippen LogP contribution in [-0.4, -0.2) is 30.3 Å². The molecule has 1 aromatic carbocycles. The Kier molecular flexibility index (Phi) is 4.53. The molecule has 0 aliphatic carbocycles. The molecule has 0 spiro atoms. The van der Waals surface area contributed by atoms with Crippen molar-refractivity contribution in [3.8, 4) is 11.8 Å². The Morgan fingerprint density at radius 1 is 1.30 bits per heavy atom. The molecule has 6 nitrogen and oxygen atoms in total. The lowest BCUT2D eigenvalue weighted by Crippen LogP contribution is -2.24. The number of aliphatic hydroxyl groups is 1. The first-order valence-electron chi connectivity index (χ1n) is 5.80. The highest BCUT2D eigenvalue weighted by Gasteiger charge is 2.15. The van der Waals surface area contributed by atoms with E-state index in [0.29, 0.717) is 5.56 Å². The second-order valence-corrected chi connectivity index (χ2v) is 5.60. The molecular weight excluding hydrogens is 278 g/mol. The van der Waals surface area contributed by atoms with E-state index in [0.717, 1.165) is 5.56 Å². The zero-order valence-corrected chi connectivity index (χ0v) is 11.3. The number of aliphatic hydroxyl groups excluding tert-OH is 1. The number of hydrogen-bond acceptors (Lipinski definition) is 4. The Morgan fingerprint density at radius 3 is 2.80 bits per heavy atom. The normalized spacial score (nSPS) is 10.8. The van der Waals surface area contributed by atoms with Gasteiger partial charge in [-0.15, -0.1) is 0 Å². The van der Waals surface area contributed by atoms with Crippen molar-refractivity contribution in [1.29, 1.82) is 0 Å². The molecule has 0 atom stereocenters. The molecule has 0 amide bonds. The molecule has 104 valence electrons. The molecule has 0 radical (unpaired) electrons. The Bertz CT molecular complexity index is 728. The zero-order valence-electron chi connectivity index (χ0n) is 10.5. The van der Waals surface area contributed by atoms with Gasteiger partial charge < -0.3 is 5.11 Å². The minimum absolute atomic E-state index is 0.0106. The third kappa shape index (κ3) is 3.45. The van der Waals surface area contributed by atoms with Crippen molar-refractivity contribution in [2.45, 2.75) is 11.6 Å². The lowest BCUT2D eigenvalue weighted by Gasteiger charge is -2.06. The molecule has 0 aliphatic heterocycles. The van der Waals surface area contributed by atoms with Crippen LogP contribution in [0.3, 0.4) is 0 Å². The first kappa shape index (κ1) is 14.3. The van der Waals surface area contributed by atoms with E-state index in [2.05, 4.69) is 26.8 Å². The van der Waals surface area contributed by atoms with Crippen LogP contribution < -0.4 is 4.72 Å². The van der Waals surface area contributed by atoms with E-state index in [1.54, 1.807) is 24.3 Å². The van der Waals surface area contributed by atoms with Crippen LogP contribution in [0.1, 0.15) is 11.1 Å². The Labute approximate surface area is 116 Å². The van der Waals surface area contributed by atoms with Gasteiger partial charge in [0, 0.05) is 12.1 Å². The molecule has 3 N–H and O–H groups in total. The van der Waals surface area contributed by atoms with Gasteiger partial charge in [-0.05, 0) is 17.7 Å². The van der Waals surface area contributed by atoms with E-state index in [1.807, 2.05) is 0 Å². The number of sulfonamides is 1. The van der Waals surface area contributed by atoms with Gasteiger partial charge in [0.1, 0.15) is 6.61 Å². The van der Waals surface area contributed by atoms with Crippen molar-refractivity contribution in [3.05, 3.63) is 47.7 Å². The maximum atomic E-state index is 11.9. The number of hydrogen-bond donors (Lipinski definition) is 3. The number of rotatable bonds is 4. The van der Waals surface area contributed by atoms with Gasteiger partial charge in [-0.2, -0.15) is 5.10 Å². The van der Waals surface area contributed by atoms with Crippen LogP contribution in [0.25, 0.3) is 0 Å². The van der Waals surface area contributed by atoms with Gasteiger partial charge in [0.2, 0.25) is 0 Å². The average Bonchev–Trinajstić information content (AvgIpc) is 2.99. The number of aromatic nitrogens is 2. The molecule has 0 bridgehead atoms. The summed E-state index contributed by atoms with van der Waals surface area (Å²) in [5.74, 6) is 5.32. The number of benzene rings is 1. The third-order valence-electron chi connectivity index (χ3n) is 2.54. The largest absolute Gasteiger partial charge is 0.384 e. The Hall–Kier alpha value is -2.14. The summed E-state index contributed by atoms with van der Waals surface area (Å²) in [5, 5.41) is 14.7. The maximum Gasteiger partial charge on any atom is 0.257 e. The molecule has 2 rings (SSSR count). The predicted octanol–water partition coefficient (Wildman–Crippen LogP) is 0.232. The van der Waals surface area contributed by atoms with E-state index in [9.17, 15) is 8.42 Å². The van der Waals surface area contributed by atoms with Crippen LogP contribution >= 0.6 is 0 Å². The molecule has 7 heteroatoms. The van der Waals surface area contributed by atoms with Crippen molar-refractivity contribution in [2.24, 2.45) is 0 Å². The summed E-state index contributed by atoms with van der Waals surface area (Å²) in [4.78, 5) is 0. The van der Waals surface area contributed by atoms with Crippen LogP contribution in [0.5, 0.6) is 0 Å². The fraction of sp³-hybridized carbons (Fsp3) is 0.154. The highest BCUT2D eigenvalue weighted by Crippen LogP contribution is 2.09. The number of nitrogens with one attached hydrogen (secondary N) is 2. The van der Waals surface area contributed by atoms with E-state index in [4.69, 9.17) is 5.11 Å². The second-order valence-electron chi connectivity index (χ2n) is 3.86. The minimum Gasteiger partial charge on any atom is -0.384 e. The predicted molar refractivity (Wildman–Crippen MR) is 73.0 cm³/mol. The first-order valence-corrected chi connectivity index (χ1v) is 7.28. The van der Waals surface area contributed by atoms with Gasteiger partial charge in [0.05, 0.1) is 6.20 Å². The first-order chi connectivity index (χ1) is 9.63. The smallest absolute Gasteiger partial charge is 0.257 e. The molecule has 0 saturated carbocycles. The van der Waals surface area contributed by atoms with Crippen LogP contribution in [0.2, 0.25) is 0 Å². The highest BCUT2D eigenvalue weighted by molar-refractivity contribution is 7.89. The summed E-state index contributed by atoms with van der Waals surface area (Å²) < 4.78 is 26.3. The van der Waals surface area contributed by atoms with Crippen molar-refractivity contribution in [1.82, 2.24) is 14.9 Å². The van der Waals surface area contributed by atoms with Gasteiger partial charge >= 0.3 is 0 Å². The SMILES string of the molecule is O=S(=O)(NCc1ccccc1C#CCO)c1ccn[nH]1. The van der Waals surface area contributed by atoms with E-state index < -0.39 is 10.0 Å². The van der Waals surface area contributed by atoms with Crippen molar-refractivity contribution < 1.29 is 13.5 Å². The second kappa shape index (κ2) is 6.34. The maximum absolute atomic E-state index is 11.9. The third-order valence-corrected chi connectivity index (χ3v) is 3.87. The summed E-state index contributed by atoms with van der Waals surface area (Å²) in [6.07, 6.45) is 1.37. The number of H-pyrrole nitrogens is 1. The lowest BCUT2D eigenvalue weighted by molar-refractivity contribution is 0.350. The van der Waals surface area contributed by atoms with Crippen LogP contribution in [0, 0.1) is 11.8 Å². The number of nitrogens with zero attached hydrogens (tertiary/aromatic N) is 1. The van der Waals surface area contributed by atoms with Gasteiger partial charge in [0.25, 0.3) is 10.0 Å². The molecule has 2 aromatic rings. The summed E-state index contributed by atoms with van der Waals surface area (Å²) in [7, 11) is -3.62. The number of aromatic amines is 1. The molecule has 0 saturated heterocycles. The molecule has 1 aromatic heterocycles. The Morgan fingerprint density at radius 2 is 2.10 bits per heavy atom. The molecule has 0 fully saturated rings. The molecule has 1 heterocycles. The van der Waals surface area contributed by atoms with Crippen LogP contribution in [-0.2, 0) is 16.6 Å². The van der Waals surface area contributed by atoms with E-state index in [-0.39, 0.29) is 18.2 Å². The quantitative estimate of drug-likeness (QED) is 0.703. The van der Waals surface area contributed by atoms with Gasteiger partial charge in [0.15, 0.2) is 5.03 Å². The average molecular weight is 291 g/mol. The monoisotopic (exact) mass is 291 g/mol. The fourth-order valence-electron chi connectivity index (χ4n) is 1.57. The van der Waals surface area contributed by atoms with Crippen molar-refractivity contribution in [3.63, 3.8) is 0 Å².